The molecule has 1 fully saturated rings. The van der Waals surface area contributed by atoms with Crippen LogP contribution in [0.2, 0.25) is 0 Å². The van der Waals surface area contributed by atoms with Crippen LogP contribution in [0, 0.1) is 0 Å². The summed E-state index contributed by atoms with van der Waals surface area (Å²) in [4.78, 5) is 20.9. The molecule has 0 bridgehead atoms. The average Bonchev–Trinajstić information content (AvgIpc) is 2.40. The average molecular weight is 340 g/mol. The van der Waals surface area contributed by atoms with Crippen LogP contribution < -0.4 is 0 Å². The van der Waals surface area contributed by atoms with Crippen molar-refractivity contribution in [2.24, 2.45) is 0 Å². The van der Waals surface area contributed by atoms with Crippen LogP contribution in [0.3, 0.4) is 0 Å². The number of hydrogen-bond donors (Lipinski definition) is 0. The van der Waals surface area contributed by atoms with E-state index in [1.807, 2.05) is 17.0 Å². The molecule has 1 aliphatic rings. The van der Waals surface area contributed by atoms with Gasteiger partial charge in [0.05, 0.1) is 6.42 Å². The zero-order valence-corrected chi connectivity index (χ0v) is 14.0. The first-order chi connectivity index (χ1) is 9.36. The Bertz CT molecular complexity index is 459. The van der Waals surface area contributed by atoms with E-state index in [4.69, 9.17) is 0 Å². The van der Waals surface area contributed by atoms with Gasteiger partial charge in [0, 0.05) is 48.1 Å². The van der Waals surface area contributed by atoms with Gasteiger partial charge in [-0.05, 0) is 48.8 Å². The van der Waals surface area contributed by atoms with Crippen molar-refractivity contribution in [2.45, 2.75) is 32.7 Å². The van der Waals surface area contributed by atoms with E-state index in [9.17, 15) is 4.79 Å². The second kappa shape index (κ2) is 6.22. The molecule has 0 saturated carbocycles. The lowest BCUT2D eigenvalue weighted by molar-refractivity contribution is -0.133. The van der Waals surface area contributed by atoms with E-state index in [2.05, 4.69) is 46.6 Å². The van der Waals surface area contributed by atoms with Crippen molar-refractivity contribution in [1.29, 1.82) is 0 Å². The predicted molar refractivity (Wildman–Crippen MR) is 83.5 cm³/mol. The van der Waals surface area contributed by atoms with Gasteiger partial charge in [0.2, 0.25) is 5.91 Å². The first-order valence-corrected chi connectivity index (χ1v) is 7.79. The fraction of sp³-hybridized carbons (Fsp3) is 0.600. The molecule has 1 aliphatic heterocycles. The van der Waals surface area contributed by atoms with Crippen LogP contribution >= 0.6 is 15.9 Å². The minimum atomic E-state index is 0.174. The Balaban J connectivity index is 1.87. The smallest absolute Gasteiger partial charge is 0.228 e. The monoisotopic (exact) mass is 339 g/mol. The summed E-state index contributed by atoms with van der Waals surface area (Å²) >= 11 is 3.35. The molecule has 1 saturated heterocycles. The van der Waals surface area contributed by atoms with Gasteiger partial charge in [-0.1, -0.05) is 0 Å². The Morgan fingerprint density at radius 1 is 1.25 bits per heavy atom. The van der Waals surface area contributed by atoms with Crippen molar-refractivity contribution < 1.29 is 4.79 Å². The molecule has 0 atom stereocenters. The maximum absolute atomic E-state index is 12.3. The Hall–Kier alpha value is -0.940. The molecule has 0 radical (unpaired) electrons. The molecule has 2 rings (SSSR count). The van der Waals surface area contributed by atoms with E-state index in [1.165, 1.54) is 0 Å². The topological polar surface area (TPSA) is 36.4 Å². The molecule has 1 aromatic heterocycles. The fourth-order valence-corrected chi connectivity index (χ4v) is 2.64. The van der Waals surface area contributed by atoms with Crippen LogP contribution in [-0.2, 0) is 11.2 Å². The van der Waals surface area contributed by atoms with Crippen molar-refractivity contribution in [1.82, 2.24) is 14.8 Å². The van der Waals surface area contributed by atoms with Crippen LogP contribution in [0.1, 0.15) is 26.5 Å². The van der Waals surface area contributed by atoms with Gasteiger partial charge in [0.25, 0.3) is 0 Å². The number of hydrogen-bond acceptors (Lipinski definition) is 3. The summed E-state index contributed by atoms with van der Waals surface area (Å²) < 4.78 is 0.937. The number of halogens is 1. The molecular weight excluding hydrogens is 318 g/mol. The van der Waals surface area contributed by atoms with Gasteiger partial charge in [0.15, 0.2) is 0 Å². The number of nitrogens with zero attached hydrogens (tertiary/aromatic N) is 3. The number of rotatable bonds is 2. The van der Waals surface area contributed by atoms with Gasteiger partial charge in [-0.3, -0.25) is 14.7 Å². The maximum Gasteiger partial charge on any atom is 0.228 e. The van der Waals surface area contributed by atoms with Crippen molar-refractivity contribution in [3.63, 3.8) is 0 Å². The largest absolute Gasteiger partial charge is 0.340 e. The first kappa shape index (κ1) is 15.4. The highest BCUT2D eigenvalue weighted by Gasteiger charge is 2.27. The number of amides is 1. The zero-order chi connectivity index (χ0) is 14.8. The Labute approximate surface area is 129 Å². The molecule has 5 heteroatoms. The number of piperazine rings is 1. The van der Waals surface area contributed by atoms with Crippen molar-refractivity contribution in [3.05, 3.63) is 28.5 Å². The lowest BCUT2D eigenvalue weighted by Crippen LogP contribution is -2.54. The first-order valence-electron chi connectivity index (χ1n) is 6.99. The summed E-state index contributed by atoms with van der Waals surface area (Å²) in [6, 6.07) is 3.82. The summed E-state index contributed by atoms with van der Waals surface area (Å²) in [5.41, 5.74) is 1.01. The summed E-state index contributed by atoms with van der Waals surface area (Å²) in [6.07, 6.45) is 2.13. The van der Waals surface area contributed by atoms with E-state index >= 15 is 0 Å². The lowest BCUT2D eigenvalue weighted by atomic mass is 10.0. The van der Waals surface area contributed by atoms with Crippen LogP contribution in [0.15, 0.2) is 22.8 Å². The van der Waals surface area contributed by atoms with Crippen molar-refractivity contribution >= 4 is 21.8 Å². The third kappa shape index (κ3) is 4.03. The van der Waals surface area contributed by atoms with Gasteiger partial charge in [-0.15, -0.1) is 0 Å². The SMILES string of the molecule is CC(C)(C)N1CCN(C(=O)Cc2ccc(Br)cn2)CC1. The van der Waals surface area contributed by atoms with Crippen molar-refractivity contribution in [2.75, 3.05) is 26.2 Å². The van der Waals surface area contributed by atoms with E-state index in [0.29, 0.717) is 6.42 Å². The van der Waals surface area contributed by atoms with Crippen LogP contribution in [0.4, 0.5) is 0 Å². The Morgan fingerprint density at radius 2 is 1.90 bits per heavy atom. The number of carbonyl (C=O) groups is 1. The van der Waals surface area contributed by atoms with E-state index in [0.717, 1.165) is 36.3 Å². The van der Waals surface area contributed by atoms with Crippen LogP contribution in [-0.4, -0.2) is 52.4 Å². The second-order valence-electron chi connectivity index (χ2n) is 6.18. The van der Waals surface area contributed by atoms with Crippen LogP contribution in [0.5, 0.6) is 0 Å². The van der Waals surface area contributed by atoms with Crippen molar-refractivity contribution in [3.8, 4) is 0 Å². The molecule has 4 nitrogen and oxygen atoms in total. The molecule has 1 aromatic rings. The highest BCUT2D eigenvalue weighted by molar-refractivity contribution is 9.10. The molecule has 0 aromatic carbocycles. The fourth-order valence-electron chi connectivity index (χ4n) is 2.40. The van der Waals surface area contributed by atoms with Gasteiger partial charge in [-0.2, -0.15) is 0 Å². The number of carbonyl (C=O) groups excluding carboxylic acids is 1. The predicted octanol–water partition coefficient (Wildman–Crippen LogP) is 2.33. The highest BCUT2D eigenvalue weighted by Crippen LogP contribution is 2.16. The van der Waals surface area contributed by atoms with E-state index < -0.39 is 0 Å². The molecular formula is C15H22BrN3O. The van der Waals surface area contributed by atoms with Gasteiger partial charge in [-0.25, -0.2) is 0 Å². The normalized spacial score (nSPS) is 17.3. The lowest BCUT2D eigenvalue weighted by Gasteiger charge is -2.42. The maximum atomic E-state index is 12.3. The van der Waals surface area contributed by atoms with Gasteiger partial charge < -0.3 is 4.90 Å². The minimum Gasteiger partial charge on any atom is -0.340 e. The Morgan fingerprint density at radius 3 is 2.40 bits per heavy atom. The molecule has 1 amide bonds. The molecule has 20 heavy (non-hydrogen) atoms. The summed E-state index contributed by atoms with van der Waals surface area (Å²) in [6.45, 7) is 10.2. The second-order valence-corrected chi connectivity index (χ2v) is 7.10. The number of pyridine rings is 1. The summed E-state index contributed by atoms with van der Waals surface area (Å²) in [5.74, 6) is 0.174. The molecule has 0 N–H and O–H groups in total. The molecule has 110 valence electrons. The molecule has 0 spiro atoms. The molecule has 0 unspecified atom stereocenters. The van der Waals surface area contributed by atoms with Crippen LogP contribution in [0.25, 0.3) is 0 Å². The van der Waals surface area contributed by atoms with Gasteiger partial charge in [0.1, 0.15) is 0 Å². The third-order valence-corrected chi connectivity index (χ3v) is 4.17. The quantitative estimate of drug-likeness (QED) is 0.829. The molecule has 2 heterocycles. The number of aromatic nitrogens is 1. The highest BCUT2D eigenvalue weighted by atomic mass is 79.9. The summed E-state index contributed by atoms with van der Waals surface area (Å²) in [7, 11) is 0. The van der Waals surface area contributed by atoms with E-state index in [-0.39, 0.29) is 11.4 Å². The zero-order valence-electron chi connectivity index (χ0n) is 12.4. The molecule has 0 aliphatic carbocycles. The third-order valence-electron chi connectivity index (χ3n) is 3.70. The standard InChI is InChI=1S/C15H22BrN3O/c1-15(2,3)19-8-6-18(7-9-19)14(20)10-13-5-4-12(16)11-17-13/h4-5,11H,6-10H2,1-3H3. The van der Waals surface area contributed by atoms with E-state index in [1.54, 1.807) is 6.20 Å². The van der Waals surface area contributed by atoms with Gasteiger partial charge >= 0.3 is 0 Å². The Kier molecular flexibility index (Phi) is 4.81. The minimum absolute atomic E-state index is 0.174. The summed E-state index contributed by atoms with van der Waals surface area (Å²) in [5, 5.41) is 0.